The molecule has 19 heavy (non-hydrogen) atoms. The van der Waals surface area contributed by atoms with E-state index in [2.05, 4.69) is 10.2 Å². The van der Waals surface area contributed by atoms with E-state index in [4.69, 9.17) is 5.26 Å². The average Bonchev–Trinajstić information content (AvgIpc) is 2.37. The Hall–Kier alpha value is -1.74. The lowest BCUT2D eigenvalue weighted by Crippen LogP contribution is -2.24. The summed E-state index contributed by atoms with van der Waals surface area (Å²) in [6.45, 7) is 4.31. The van der Waals surface area contributed by atoms with Crippen LogP contribution in [0.2, 0.25) is 0 Å². The van der Waals surface area contributed by atoms with Gasteiger partial charge in [0.15, 0.2) is 0 Å². The van der Waals surface area contributed by atoms with Crippen LogP contribution in [0.4, 0.5) is 18.9 Å². The highest BCUT2D eigenvalue weighted by Gasteiger charge is 2.33. The second kappa shape index (κ2) is 6.43. The molecular formula is C13H16F3N3. The number of likely N-dealkylation sites (N-methyl/N-ethyl adjacent to an activating group) is 1. The first kappa shape index (κ1) is 15.3. The highest BCUT2D eigenvalue weighted by molar-refractivity contribution is 5.53. The Balaban J connectivity index is 2.76. The highest BCUT2D eigenvalue weighted by Crippen LogP contribution is 2.32. The molecule has 0 saturated heterocycles. The van der Waals surface area contributed by atoms with E-state index in [0.717, 1.165) is 19.2 Å². The van der Waals surface area contributed by atoms with Crippen molar-refractivity contribution < 1.29 is 13.2 Å². The van der Waals surface area contributed by atoms with Gasteiger partial charge >= 0.3 is 6.18 Å². The molecule has 1 rings (SSSR count). The first-order valence-electron chi connectivity index (χ1n) is 5.92. The monoisotopic (exact) mass is 271 g/mol. The van der Waals surface area contributed by atoms with E-state index >= 15 is 0 Å². The summed E-state index contributed by atoms with van der Waals surface area (Å²) in [5.41, 5.74) is -0.735. The fraction of sp³-hybridized carbons (Fsp3) is 0.462. The molecule has 0 atom stereocenters. The van der Waals surface area contributed by atoms with Crippen molar-refractivity contribution in [2.45, 2.75) is 13.1 Å². The first-order chi connectivity index (χ1) is 8.88. The molecule has 0 fully saturated rings. The number of nitrogens with zero attached hydrogens (tertiary/aromatic N) is 2. The van der Waals surface area contributed by atoms with Crippen LogP contribution in [-0.4, -0.2) is 31.6 Å². The largest absolute Gasteiger partial charge is 0.417 e. The van der Waals surface area contributed by atoms with Crippen molar-refractivity contribution in [2.24, 2.45) is 0 Å². The zero-order valence-electron chi connectivity index (χ0n) is 10.9. The Morgan fingerprint density at radius 1 is 1.37 bits per heavy atom. The summed E-state index contributed by atoms with van der Waals surface area (Å²) >= 11 is 0. The summed E-state index contributed by atoms with van der Waals surface area (Å²) in [5.74, 6) is 0. The van der Waals surface area contributed by atoms with Gasteiger partial charge in [0, 0.05) is 18.8 Å². The molecule has 0 aliphatic carbocycles. The number of hydrogen-bond acceptors (Lipinski definition) is 3. The fourth-order valence-electron chi connectivity index (χ4n) is 1.54. The van der Waals surface area contributed by atoms with Crippen molar-refractivity contribution in [3.63, 3.8) is 0 Å². The maximum Gasteiger partial charge on any atom is 0.417 e. The molecule has 0 amide bonds. The lowest BCUT2D eigenvalue weighted by molar-refractivity contribution is -0.137. The second-order valence-corrected chi connectivity index (χ2v) is 4.19. The third-order valence-corrected chi connectivity index (χ3v) is 2.81. The number of halogens is 3. The summed E-state index contributed by atoms with van der Waals surface area (Å²) in [6, 6.07) is 5.09. The molecular weight excluding hydrogens is 255 g/mol. The lowest BCUT2D eigenvalue weighted by atomic mass is 10.1. The van der Waals surface area contributed by atoms with Gasteiger partial charge in [-0.2, -0.15) is 18.4 Å². The molecule has 0 aliphatic rings. The van der Waals surface area contributed by atoms with Crippen molar-refractivity contribution in [3.8, 4) is 6.07 Å². The molecule has 0 aliphatic heterocycles. The number of nitriles is 1. The topological polar surface area (TPSA) is 39.1 Å². The Morgan fingerprint density at radius 2 is 2.05 bits per heavy atom. The van der Waals surface area contributed by atoms with Gasteiger partial charge in [-0.1, -0.05) is 6.92 Å². The normalized spacial score (nSPS) is 11.4. The lowest BCUT2D eigenvalue weighted by Gasteiger charge is -2.15. The van der Waals surface area contributed by atoms with Gasteiger partial charge in [0.25, 0.3) is 0 Å². The van der Waals surface area contributed by atoms with Gasteiger partial charge in [-0.25, -0.2) is 0 Å². The van der Waals surface area contributed by atoms with Crippen molar-refractivity contribution in [3.05, 3.63) is 29.3 Å². The van der Waals surface area contributed by atoms with Gasteiger partial charge in [-0.15, -0.1) is 0 Å². The molecule has 0 aromatic heterocycles. The van der Waals surface area contributed by atoms with E-state index in [9.17, 15) is 13.2 Å². The minimum absolute atomic E-state index is 0.360. The van der Waals surface area contributed by atoms with Gasteiger partial charge in [-0.3, -0.25) is 0 Å². The fourth-order valence-corrected chi connectivity index (χ4v) is 1.54. The molecule has 6 heteroatoms. The van der Waals surface area contributed by atoms with Crippen LogP contribution < -0.4 is 5.32 Å². The third kappa shape index (κ3) is 4.45. The third-order valence-electron chi connectivity index (χ3n) is 2.81. The van der Waals surface area contributed by atoms with Crippen molar-refractivity contribution in [1.29, 1.82) is 5.26 Å². The summed E-state index contributed by atoms with van der Waals surface area (Å²) in [7, 11) is 1.95. The quantitative estimate of drug-likeness (QED) is 0.895. The number of anilines is 1. The molecule has 3 nitrogen and oxygen atoms in total. The van der Waals surface area contributed by atoms with Crippen molar-refractivity contribution in [1.82, 2.24) is 4.90 Å². The van der Waals surface area contributed by atoms with Gasteiger partial charge in [0.05, 0.1) is 17.2 Å². The molecule has 0 bridgehead atoms. The smallest absolute Gasteiger partial charge is 0.384 e. The predicted molar refractivity (Wildman–Crippen MR) is 67.8 cm³/mol. The van der Waals surface area contributed by atoms with Crippen LogP contribution >= 0.6 is 0 Å². The minimum atomic E-state index is -4.49. The maximum absolute atomic E-state index is 12.6. The molecule has 0 spiro atoms. The molecule has 0 saturated carbocycles. The Bertz CT molecular complexity index is 463. The van der Waals surface area contributed by atoms with E-state index in [1.165, 1.54) is 12.1 Å². The molecule has 1 N–H and O–H groups in total. The first-order valence-corrected chi connectivity index (χ1v) is 5.92. The molecule has 0 unspecified atom stereocenters. The van der Waals surface area contributed by atoms with Crippen LogP contribution in [0.3, 0.4) is 0 Å². The molecule has 104 valence electrons. The second-order valence-electron chi connectivity index (χ2n) is 4.19. The zero-order chi connectivity index (χ0) is 14.5. The van der Waals surface area contributed by atoms with E-state index in [1.54, 1.807) is 6.07 Å². The number of alkyl halides is 3. The summed E-state index contributed by atoms with van der Waals surface area (Å²) in [4.78, 5) is 2.07. The Labute approximate surface area is 110 Å². The number of nitrogens with one attached hydrogen (secondary N) is 1. The highest BCUT2D eigenvalue weighted by atomic mass is 19.4. The Morgan fingerprint density at radius 3 is 2.58 bits per heavy atom. The van der Waals surface area contributed by atoms with E-state index < -0.39 is 11.7 Å². The minimum Gasteiger partial charge on any atom is -0.384 e. The van der Waals surface area contributed by atoms with Gasteiger partial charge < -0.3 is 10.2 Å². The van der Waals surface area contributed by atoms with Crippen LogP contribution in [-0.2, 0) is 6.18 Å². The number of rotatable bonds is 5. The number of benzene rings is 1. The predicted octanol–water partition coefficient (Wildman–Crippen LogP) is 2.94. The van der Waals surface area contributed by atoms with Crippen LogP contribution in [0.1, 0.15) is 18.1 Å². The molecule has 0 radical (unpaired) electrons. The number of hydrogen-bond donors (Lipinski definition) is 1. The van der Waals surface area contributed by atoms with Crippen LogP contribution in [0.15, 0.2) is 18.2 Å². The SMILES string of the molecule is CCN(C)CCNc1ccc(C(F)(F)F)c(C#N)c1. The summed E-state index contributed by atoms with van der Waals surface area (Å²) in [6.07, 6.45) is -4.49. The van der Waals surface area contributed by atoms with Gasteiger partial charge in [-0.05, 0) is 31.8 Å². The van der Waals surface area contributed by atoms with E-state index in [-0.39, 0.29) is 5.56 Å². The molecule has 1 aromatic carbocycles. The summed E-state index contributed by atoms with van der Waals surface area (Å²) in [5, 5.41) is 11.8. The van der Waals surface area contributed by atoms with Crippen LogP contribution in [0.25, 0.3) is 0 Å². The Kier molecular flexibility index (Phi) is 5.19. The van der Waals surface area contributed by atoms with Gasteiger partial charge in [0.2, 0.25) is 0 Å². The van der Waals surface area contributed by atoms with Crippen molar-refractivity contribution in [2.75, 3.05) is 32.0 Å². The average molecular weight is 271 g/mol. The van der Waals surface area contributed by atoms with E-state index in [0.29, 0.717) is 12.2 Å². The van der Waals surface area contributed by atoms with Crippen molar-refractivity contribution >= 4 is 5.69 Å². The zero-order valence-corrected chi connectivity index (χ0v) is 10.9. The van der Waals surface area contributed by atoms with E-state index in [1.807, 2.05) is 14.0 Å². The van der Waals surface area contributed by atoms with Crippen LogP contribution in [0.5, 0.6) is 0 Å². The van der Waals surface area contributed by atoms with Gasteiger partial charge in [0.1, 0.15) is 0 Å². The standard InChI is InChI=1S/C13H16F3N3/c1-3-19(2)7-6-18-11-4-5-12(13(14,15)16)10(8-11)9-17/h4-5,8,18H,3,6-7H2,1-2H3. The van der Waals surface area contributed by atoms with Crippen LogP contribution in [0, 0.1) is 11.3 Å². The maximum atomic E-state index is 12.6. The molecule has 0 heterocycles. The summed E-state index contributed by atoms with van der Waals surface area (Å²) < 4.78 is 37.8. The molecule has 1 aromatic rings.